The number of hydrogen-bond acceptors (Lipinski definition) is 1. The molecule has 0 unspecified atom stereocenters. The molecule has 1 aromatic carbocycles. The molecule has 0 radical (unpaired) electrons. The van der Waals surface area contributed by atoms with E-state index in [1.807, 2.05) is 0 Å². The van der Waals surface area contributed by atoms with Crippen molar-refractivity contribution in [3.05, 3.63) is 29.3 Å². The molecule has 0 heterocycles. The molecule has 0 bridgehead atoms. The van der Waals surface area contributed by atoms with Crippen LogP contribution < -0.4 is 4.90 Å². The summed E-state index contributed by atoms with van der Waals surface area (Å²) in [6, 6.07) is 4.70. The lowest BCUT2D eigenvalue weighted by molar-refractivity contribution is -0.137. The molecule has 0 aliphatic rings. The Morgan fingerprint density at radius 3 is 2.06 bits per heavy atom. The second-order valence-electron chi connectivity index (χ2n) is 4.29. The number of hydrogen-bond donors (Lipinski definition) is 0. The molecular formula is C12H16F3N. The maximum atomic E-state index is 13.0. The lowest BCUT2D eigenvalue weighted by Gasteiger charge is -2.23. The third-order valence-electron chi connectivity index (χ3n) is 2.46. The van der Waals surface area contributed by atoms with Crippen LogP contribution in [0.15, 0.2) is 18.2 Å². The lowest BCUT2D eigenvalue weighted by atomic mass is 9.95. The van der Waals surface area contributed by atoms with Crippen molar-refractivity contribution < 1.29 is 13.2 Å². The van der Waals surface area contributed by atoms with Gasteiger partial charge >= 0.3 is 6.18 Å². The summed E-state index contributed by atoms with van der Waals surface area (Å²) in [5, 5.41) is 0. The highest BCUT2D eigenvalue weighted by atomic mass is 19.4. The van der Waals surface area contributed by atoms with E-state index in [4.69, 9.17) is 0 Å². The van der Waals surface area contributed by atoms with Gasteiger partial charge in [0.1, 0.15) is 0 Å². The van der Waals surface area contributed by atoms with Crippen LogP contribution in [0.25, 0.3) is 0 Å². The van der Waals surface area contributed by atoms with Gasteiger partial charge in [-0.15, -0.1) is 0 Å². The van der Waals surface area contributed by atoms with E-state index in [0.717, 1.165) is 0 Å². The predicted octanol–water partition coefficient (Wildman–Crippen LogP) is 3.89. The van der Waals surface area contributed by atoms with Crippen LogP contribution in [-0.4, -0.2) is 14.1 Å². The van der Waals surface area contributed by atoms with Gasteiger partial charge in [-0.05, 0) is 17.5 Å². The first-order valence-electron chi connectivity index (χ1n) is 5.12. The Bertz CT molecular complexity index is 341. The van der Waals surface area contributed by atoms with Gasteiger partial charge in [0.2, 0.25) is 0 Å². The topological polar surface area (TPSA) is 3.24 Å². The number of anilines is 1. The summed E-state index contributed by atoms with van der Waals surface area (Å²) in [5.74, 6) is -0.142. The van der Waals surface area contributed by atoms with E-state index in [-0.39, 0.29) is 11.6 Å². The van der Waals surface area contributed by atoms with Crippen molar-refractivity contribution >= 4 is 5.69 Å². The predicted molar refractivity (Wildman–Crippen MR) is 59.9 cm³/mol. The fourth-order valence-electron chi connectivity index (χ4n) is 1.72. The smallest absolute Gasteiger partial charge is 0.377 e. The van der Waals surface area contributed by atoms with Gasteiger partial charge in [-0.2, -0.15) is 13.2 Å². The maximum Gasteiger partial charge on any atom is 0.418 e. The molecule has 16 heavy (non-hydrogen) atoms. The van der Waals surface area contributed by atoms with Gasteiger partial charge in [-0.3, -0.25) is 0 Å². The Morgan fingerprint density at radius 1 is 1.12 bits per heavy atom. The first-order valence-corrected chi connectivity index (χ1v) is 5.12. The quantitative estimate of drug-likeness (QED) is 0.746. The molecule has 0 amide bonds. The second kappa shape index (κ2) is 4.36. The normalized spacial score (nSPS) is 12.0. The Labute approximate surface area is 93.9 Å². The average Bonchev–Trinajstić information content (AvgIpc) is 2.15. The first-order chi connectivity index (χ1) is 7.25. The standard InChI is InChI=1S/C12H16F3N/c1-8(2)9-6-5-7-10(16(3)4)11(9)12(13,14)15/h5-8H,1-4H3. The molecule has 0 spiro atoms. The monoisotopic (exact) mass is 231 g/mol. The van der Waals surface area contributed by atoms with Gasteiger partial charge < -0.3 is 4.90 Å². The van der Waals surface area contributed by atoms with Gasteiger partial charge in [0.15, 0.2) is 0 Å². The number of halogens is 3. The van der Waals surface area contributed by atoms with Gasteiger partial charge in [0, 0.05) is 19.8 Å². The lowest BCUT2D eigenvalue weighted by Crippen LogP contribution is -2.19. The molecule has 4 heteroatoms. The van der Waals surface area contributed by atoms with Crippen molar-refractivity contribution in [1.29, 1.82) is 0 Å². The van der Waals surface area contributed by atoms with Crippen molar-refractivity contribution in [3.63, 3.8) is 0 Å². The highest BCUT2D eigenvalue weighted by Gasteiger charge is 2.37. The van der Waals surface area contributed by atoms with Crippen molar-refractivity contribution in [2.75, 3.05) is 19.0 Å². The van der Waals surface area contributed by atoms with E-state index in [1.54, 1.807) is 40.1 Å². The van der Waals surface area contributed by atoms with Crippen molar-refractivity contribution in [2.45, 2.75) is 25.9 Å². The molecule has 1 aromatic rings. The molecule has 1 nitrogen and oxygen atoms in total. The largest absolute Gasteiger partial charge is 0.418 e. The average molecular weight is 231 g/mol. The molecule has 0 N–H and O–H groups in total. The zero-order chi connectivity index (χ0) is 12.5. The Hall–Kier alpha value is -1.19. The van der Waals surface area contributed by atoms with Crippen molar-refractivity contribution in [1.82, 2.24) is 0 Å². The SMILES string of the molecule is CC(C)c1cccc(N(C)C)c1C(F)(F)F. The number of nitrogens with zero attached hydrogens (tertiary/aromatic N) is 1. The Balaban J connectivity index is 3.48. The third kappa shape index (κ3) is 2.49. The zero-order valence-corrected chi connectivity index (χ0v) is 9.89. The molecule has 0 aliphatic heterocycles. The summed E-state index contributed by atoms with van der Waals surface area (Å²) in [6.45, 7) is 3.54. The van der Waals surface area contributed by atoms with Gasteiger partial charge in [-0.1, -0.05) is 26.0 Å². The molecule has 0 saturated carbocycles. The van der Waals surface area contributed by atoms with Gasteiger partial charge in [0.25, 0.3) is 0 Å². The maximum absolute atomic E-state index is 13.0. The Morgan fingerprint density at radius 2 is 1.69 bits per heavy atom. The minimum absolute atomic E-state index is 0.142. The molecule has 0 fully saturated rings. The van der Waals surface area contributed by atoms with Crippen LogP contribution in [0.2, 0.25) is 0 Å². The van der Waals surface area contributed by atoms with Gasteiger partial charge in [0.05, 0.1) is 5.56 Å². The molecule has 90 valence electrons. The third-order valence-corrected chi connectivity index (χ3v) is 2.46. The molecule has 0 saturated heterocycles. The van der Waals surface area contributed by atoms with E-state index >= 15 is 0 Å². The fraction of sp³-hybridized carbons (Fsp3) is 0.500. The summed E-state index contributed by atoms with van der Waals surface area (Å²) in [4.78, 5) is 1.49. The summed E-state index contributed by atoms with van der Waals surface area (Å²) >= 11 is 0. The molecule has 1 rings (SSSR count). The minimum Gasteiger partial charge on any atom is -0.377 e. The summed E-state index contributed by atoms with van der Waals surface area (Å²) < 4.78 is 39.0. The molecular weight excluding hydrogens is 215 g/mol. The van der Waals surface area contributed by atoms with E-state index in [9.17, 15) is 13.2 Å². The minimum atomic E-state index is -4.31. The van der Waals surface area contributed by atoms with Crippen LogP contribution in [0.1, 0.15) is 30.9 Å². The second-order valence-corrected chi connectivity index (χ2v) is 4.29. The van der Waals surface area contributed by atoms with Crippen molar-refractivity contribution in [3.8, 4) is 0 Å². The van der Waals surface area contributed by atoms with Crippen LogP contribution in [-0.2, 0) is 6.18 Å². The van der Waals surface area contributed by atoms with Crippen LogP contribution in [0.5, 0.6) is 0 Å². The van der Waals surface area contributed by atoms with Gasteiger partial charge in [-0.25, -0.2) is 0 Å². The molecule has 0 atom stereocenters. The summed E-state index contributed by atoms with van der Waals surface area (Å²) in [7, 11) is 3.24. The van der Waals surface area contributed by atoms with Crippen LogP contribution in [0, 0.1) is 0 Å². The molecule has 0 aliphatic carbocycles. The number of rotatable bonds is 2. The Kier molecular flexibility index (Phi) is 3.51. The van der Waals surface area contributed by atoms with E-state index in [0.29, 0.717) is 5.56 Å². The number of benzene rings is 1. The van der Waals surface area contributed by atoms with Crippen LogP contribution >= 0.6 is 0 Å². The van der Waals surface area contributed by atoms with E-state index in [1.165, 1.54) is 11.0 Å². The van der Waals surface area contributed by atoms with E-state index in [2.05, 4.69) is 0 Å². The fourth-order valence-corrected chi connectivity index (χ4v) is 1.72. The van der Waals surface area contributed by atoms with Crippen LogP contribution in [0.3, 0.4) is 0 Å². The van der Waals surface area contributed by atoms with Crippen molar-refractivity contribution in [2.24, 2.45) is 0 Å². The van der Waals surface area contributed by atoms with E-state index < -0.39 is 11.7 Å². The number of alkyl halides is 3. The van der Waals surface area contributed by atoms with Crippen LogP contribution in [0.4, 0.5) is 18.9 Å². The highest BCUT2D eigenvalue weighted by Crippen LogP contribution is 2.40. The first kappa shape index (κ1) is 12.9. The summed E-state index contributed by atoms with van der Waals surface area (Å²) in [5.41, 5.74) is 0.0485. The highest BCUT2D eigenvalue weighted by molar-refractivity contribution is 5.58. The molecule has 0 aromatic heterocycles. The summed E-state index contributed by atoms with van der Waals surface area (Å²) in [6.07, 6.45) is -4.31. The zero-order valence-electron chi connectivity index (χ0n) is 9.89.